The molecule has 0 aliphatic rings. The lowest BCUT2D eigenvalue weighted by molar-refractivity contribution is 0.476. The van der Waals surface area contributed by atoms with Crippen LogP contribution < -0.4 is 5.56 Å². The molecule has 0 radical (unpaired) electrons. The predicted molar refractivity (Wildman–Crippen MR) is 120 cm³/mol. The van der Waals surface area contributed by atoms with Gasteiger partial charge in [0.1, 0.15) is 5.76 Å². The molecule has 154 valence electrons. The van der Waals surface area contributed by atoms with Crippen molar-refractivity contribution in [2.45, 2.75) is 17.5 Å². The monoisotopic (exact) mass is 449 g/mol. The summed E-state index contributed by atoms with van der Waals surface area (Å²) in [5, 5.41) is 1.57. The van der Waals surface area contributed by atoms with Crippen LogP contribution in [0.5, 0.6) is 0 Å². The molecule has 0 spiro atoms. The van der Waals surface area contributed by atoms with E-state index in [1.165, 1.54) is 11.8 Å². The Morgan fingerprint density at radius 2 is 1.94 bits per heavy atom. The molecule has 6 nitrogen and oxygen atoms in total. The lowest BCUT2D eigenvalue weighted by Gasteiger charge is -2.11. The Kier molecular flexibility index (Phi) is 5.36. The van der Waals surface area contributed by atoms with Gasteiger partial charge in [0, 0.05) is 10.6 Å². The standard InChI is InChI=1S/C23H16ClN3O3S/c24-16-8-9-18-19(11-16)26-23(27(22(18)28)13-17-7-4-10-29-17)31-14-21-25-12-20(30-21)15-5-2-1-3-6-15/h1-12H,13-14H2. The average Bonchev–Trinajstić information content (AvgIpc) is 3.47. The number of hydrogen-bond acceptors (Lipinski definition) is 6. The molecule has 5 rings (SSSR count). The molecule has 3 aromatic heterocycles. The molecule has 0 amide bonds. The van der Waals surface area contributed by atoms with Gasteiger partial charge in [0.15, 0.2) is 10.9 Å². The van der Waals surface area contributed by atoms with Gasteiger partial charge in [-0.3, -0.25) is 9.36 Å². The van der Waals surface area contributed by atoms with Crippen molar-refractivity contribution < 1.29 is 8.83 Å². The van der Waals surface area contributed by atoms with E-state index in [0.29, 0.717) is 44.2 Å². The van der Waals surface area contributed by atoms with Gasteiger partial charge in [-0.15, -0.1) is 0 Å². The lowest BCUT2D eigenvalue weighted by Crippen LogP contribution is -2.23. The highest BCUT2D eigenvalue weighted by Crippen LogP contribution is 2.26. The largest absolute Gasteiger partial charge is 0.467 e. The summed E-state index contributed by atoms with van der Waals surface area (Å²) in [6, 6.07) is 18.5. The molecule has 0 atom stereocenters. The molecule has 0 aliphatic heterocycles. The second kappa shape index (κ2) is 8.45. The van der Waals surface area contributed by atoms with Gasteiger partial charge >= 0.3 is 0 Å². The third-order valence-corrected chi connectivity index (χ3v) is 5.91. The van der Waals surface area contributed by atoms with E-state index in [2.05, 4.69) is 9.97 Å². The summed E-state index contributed by atoms with van der Waals surface area (Å²) in [5.41, 5.74) is 1.35. The van der Waals surface area contributed by atoms with Crippen molar-refractivity contribution in [3.8, 4) is 11.3 Å². The number of nitrogens with zero attached hydrogens (tertiary/aromatic N) is 3. The van der Waals surface area contributed by atoms with Crippen molar-refractivity contribution in [2.24, 2.45) is 0 Å². The van der Waals surface area contributed by atoms with Crippen LogP contribution in [0.3, 0.4) is 0 Å². The van der Waals surface area contributed by atoms with Crippen LogP contribution in [-0.4, -0.2) is 14.5 Å². The SMILES string of the molecule is O=c1c2ccc(Cl)cc2nc(SCc2ncc(-c3ccccc3)o2)n1Cc1ccco1. The quantitative estimate of drug-likeness (QED) is 0.247. The molecule has 5 aromatic rings. The Balaban J connectivity index is 1.48. The molecule has 0 fully saturated rings. The zero-order valence-corrected chi connectivity index (χ0v) is 17.8. The Hall–Kier alpha value is -3.29. The minimum Gasteiger partial charge on any atom is -0.467 e. The first-order valence-corrected chi connectivity index (χ1v) is 10.9. The van der Waals surface area contributed by atoms with Crippen molar-refractivity contribution in [1.82, 2.24) is 14.5 Å². The van der Waals surface area contributed by atoms with Gasteiger partial charge < -0.3 is 8.83 Å². The highest BCUT2D eigenvalue weighted by Gasteiger charge is 2.15. The molecule has 0 N–H and O–H groups in total. The summed E-state index contributed by atoms with van der Waals surface area (Å²) < 4.78 is 12.9. The summed E-state index contributed by atoms with van der Waals surface area (Å²) >= 11 is 7.49. The van der Waals surface area contributed by atoms with E-state index < -0.39 is 0 Å². The maximum Gasteiger partial charge on any atom is 0.262 e. The van der Waals surface area contributed by atoms with E-state index in [4.69, 9.17) is 20.4 Å². The van der Waals surface area contributed by atoms with E-state index in [1.54, 1.807) is 41.3 Å². The van der Waals surface area contributed by atoms with E-state index in [9.17, 15) is 4.79 Å². The fraction of sp³-hybridized carbons (Fsp3) is 0.0870. The zero-order chi connectivity index (χ0) is 21.2. The Morgan fingerprint density at radius 3 is 2.74 bits per heavy atom. The first-order valence-electron chi connectivity index (χ1n) is 9.53. The van der Waals surface area contributed by atoms with Gasteiger partial charge in [-0.25, -0.2) is 9.97 Å². The van der Waals surface area contributed by atoms with Crippen LogP contribution in [0.15, 0.2) is 91.9 Å². The zero-order valence-electron chi connectivity index (χ0n) is 16.2. The minimum atomic E-state index is -0.155. The second-order valence-corrected chi connectivity index (χ2v) is 8.18. The van der Waals surface area contributed by atoms with Crippen molar-refractivity contribution in [3.05, 3.63) is 100 Å². The van der Waals surface area contributed by atoms with Crippen LogP contribution in [-0.2, 0) is 12.3 Å². The van der Waals surface area contributed by atoms with E-state index >= 15 is 0 Å². The summed E-state index contributed by atoms with van der Waals surface area (Å²) in [7, 11) is 0. The fourth-order valence-corrected chi connectivity index (χ4v) is 4.24. The molecule has 0 saturated carbocycles. The topological polar surface area (TPSA) is 74.1 Å². The Labute approximate surface area is 186 Å². The predicted octanol–water partition coefficient (Wildman–Crippen LogP) is 5.64. The molecule has 0 unspecified atom stereocenters. The molecule has 8 heteroatoms. The highest BCUT2D eigenvalue weighted by molar-refractivity contribution is 7.98. The van der Waals surface area contributed by atoms with Crippen molar-refractivity contribution in [2.75, 3.05) is 0 Å². The number of oxazole rings is 1. The van der Waals surface area contributed by atoms with Crippen LogP contribution in [0.25, 0.3) is 22.2 Å². The number of aromatic nitrogens is 3. The van der Waals surface area contributed by atoms with Gasteiger partial charge in [-0.05, 0) is 30.3 Å². The van der Waals surface area contributed by atoms with Gasteiger partial charge in [-0.1, -0.05) is 53.7 Å². The minimum absolute atomic E-state index is 0.155. The van der Waals surface area contributed by atoms with Crippen molar-refractivity contribution in [1.29, 1.82) is 0 Å². The summed E-state index contributed by atoms with van der Waals surface area (Å²) in [4.78, 5) is 22.2. The Bertz CT molecular complexity index is 1400. The third kappa shape index (κ3) is 4.15. The van der Waals surface area contributed by atoms with E-state index in [-0.39, 0.29) is 12.1 Å². The highest BCUT2D eigenvalue weighted by atomic mass is 35.5. The number of furan rings is 1. The molecular weight excluding hydrogens is 434 g/mol. The lowest BCUT2D eigenvalue weighted by atomic mass is 10.2. The summed E-state index contributed by atoms with van der Waals surface area (Å²) in [5.74, 6) is 2.33. The maximum atomic E-state index is 13.2. The Morgan fingerprint density at radius 1 is 1.06 bits per heavy atom. The maximum absolute atomic E-state index is 13.2. The first kappa shape index (κ1) is 19.7. The first-order chi connectivity index (χ1) is 15.2. The molecule has 3 heterocycles. The number of hydrogen-bond donors (Lipinski definition) is 0. The van der Waals surface area contributed by atoms with E-state index in [1.807, 2.05) is 36.4 Å². The molecule has 0 bridgehead atoms. The number of halogens is 1. The normalized spacial score (nSPS) is 11.3. The number of benzene rings is 2. The number of thioether (sulfide) groups is 1. The fourth-order valence-electron chi connectivity index (χ4n) is 3.22. The van der Waals surface area contributed by atoms with E-state index in [0.717, 1.165) is 5.56 Å². The average molecular weight is 450 g/mol. The molecule has 2 aromatic carbocycles. The summed E-state index contributed by atoms with van der Waals surface area (Å²) in [6.45, 7) is 0.278. The van der Waals surface area contributed by atoms with Gasteiger partial charge in [0.05, 0.1) is 35.7 Å². The third-order valence-electron chi connectivity index (χ3n) is 4.71. The van der Waals surface area contributed by atoms with Crippen LogP contribution in [0.2, 0.25) is 5.02 Å². The van der Waals surface area contributed by atoms with Gasteiger partial charge in [0.25, 0.3) is 5.56 Å². The molecule has 31 heavy (non-hydrogen) atoms. The number of fused-ring (bicyclic) bond motifs is 1. The van der Waals surface area contributed by atoms with Crippen molar-refractivity contribution in [3.63, 3.8) is 0 Å². The van der Waals surface area contributed by atoms with Crippen molar-refractivity contribution >= 4 is 34.3 Å². The van der Waals surface area contributed by atoms with Crippen LogP contribution in [0, 0.1) is 0 Å². The second-order valence-electron chi connectivity index (χ2n) is 6.80. The van der Waals surface area contributed by atoms with Crippen LogP contribution in [0.4, 0.5) is 0 Å². The molecular formula is C23H16ClN3O3S. The van der Waals surface area contributed by atoms with Gasteiger partial charge in [-0.2, -0.15) is 0 Å². The number of rotatable bonds is 6. The molecule has 0 saturated heterocycles. The van der Waals surface area contributed by atoms with Crippen LogP contribution in [0.1, 0.15) is 11.7 Å². The molecule has 0 aliphatic carbocycles. The summed E-state index contributed by atoms with van der Waals surface area (Å²) in [6.07, 6.45) is 3.29. The van der Waals surface area contributed by atoms with Gasteiger partial charge in [0.2, 0.25) is 5.89 Å². The van der Waals surface area contributed by atoms with Crippen LogP contribution >= 0.6 is 23.4 Å². The smallest absolute Gasteiger partial charge is 0.262 e.